The fourth-order valence-corrected chi connectivity index (χ4v) is 2.47. The van der Waals surface area contributed by atoms with E-state index in [2.05, 4.69) is 5.32 Å². The highest BCUT2D eigenvalue weighted by molar-refractivity contribution is 6.30. The summed E-state index contributed by atoms with van der Waals surface area (Å²) in [6.45, 7) is 1.76. The Hall–Kier alpha value is -3.31. The first-order valence-electron chi connectivity index (χ1n) is 8.57. The van der Waals surface area contributed by atoms with Gasteiger partial charge in [-0.2, -0.15) is 0 Å². The number of hydrogen-bond donors (Lipinski definition) is 1. The summed E-state index contributed by atoms with van der Waals surface area (Å²) in [5.41, 5.74) is 2.18. The molecule has 3 rings (SSSR count). The first-order valence-corrected chi connectivity index (χ1v) is 8.94. The van der Waals surface area contributed by atoms with Crippen molar-refractivity contribution in [1.82, 2.24) is 0 Å². The van der Waals surface area contributed by atoms with E-state index in [-0.39, 0.29) is 12.5 Å². The first kappa shape index (κ1) is 19.5. The average Bonchev–Trinajstić information content (AvgIpc) is 2.70. The van der Waals surface area contributed by atoms with E-state index in [4.69, 9.17) is 21.1 Å². The van der Waals surface area contributed by atoms with Crippen molar-refractivity contribution >= 4 is 29.2 Å². The van der Waals surface area contributed by atoms with Crippen LogP contribution in [-0.4, -0.2) is 18.5 Å². The number of carbonyl (C=O) groups is 2. The van der Waals surface area contributed by atoms with E-state index >= 15 is 0 Å². The number of aryl methyl sites for hydroxylation is 1. The summed E-state index contributed by atoms with van der Waals surface area (Å²) in [6, 6.07) is 20.5. The zero-order valence-corrected chi connectivity index (χ0v) is 15.9. The molecule has 1 amide bonds. The van der Waals surface area contributed by atoms with Crippen molar-refractivity contribution in [1.29, 1.82) is 0 Å². The summed E-state index contributed by atoms with van der Waals surface area (Å²) in [5, 5.41) is 3.36. The maximum atomic E-state index is 12.2. The lowest BCUT2D eigenvalue weighted by Gasteiger charge is -2.08. The van der Waals surface area contributed by atoms with Crippen LogP contribution in [0.5, 0.6) is 11.5 Å². The maximum Gasteiger partial charge on any atom is 0.349 e. The molecule has 1 N–H and O–H groups in total. The number of halogens is 1. The molecule has 0 saturated carbocycles. The standard InChI is InChI=1S/C22H18ClNO4/c1-15-2-10-19(11-3-15)27-14-21(25)28-20-12-4-16(5-13-20)22(26)24-18-8-6-17(23)7-9-18/h2-13H,14H2,1H3,(H,24,26). The normalized spacial score (nSPS) is 10.2. The predicted octanol–water partition coefficient (Wildman–Crippen LogP) is 4.89. The van der Waals surface area contributed by atoms with Gasteiger partial charge in [-0.1, -0.05) is 29.3 Å². The quantitative estimate of drug-likeness (QED) is 0.477. The van der Waals surface area contributed by atoms with Gasteiger partial charge in [0.25, 0.3) is 5.91 Å². The van der Waals surface area contributed by atoms with Gasteiger partial charge < -0.3 is 14.8 Å². The zero-order valence-electron chi connectivity index (χ0n) is 15.1. The summed E-state index contributed by atoms with van der Waals surface area (Å²) in [6.07, 6.45) is 0. The molecule has 3 aromatic rings. The molecule has 6 heteroatoms. The molecule has 0 radical (unpaired) electrons. The van der Waals surface area contributed by atoms with Gasteiger partial charge in [0.1, 0.15) is 11.5 Å². The molecule has 0 aliphatic heterocycles. The summed E-state index contributed by atoms with van der Waals surface area (Å²) in [7, 11) is 0. The highest BCUT2D eigenvalue weighted by Crippen LogP contribution is 2.17. The Kier molecular flexibility index (Phi) is 6.29. The van der Waals surface area contributed by atoms with Crippen LogP contribution in [0.3, 0.4) is 0 Å². The Balaban J connectivity index is 1.51. The molecule has 0 bridgehead atoms. The Labute approximate surface area is 167 Å². The molecule has 0 aliphatic carbocycles. The van der Waals surface area contributed by atoms with E-state index < -0.39 is 5.97 Å². The summed E-state index contributed by atoms with van der Waals surface area (Å²) < 4.78 is 10.6. The largest absolute Gasteiger partial charge is 0.482 e. The van der Waals surface area contributed by atoms with Crippen LogP contribution in [-0.2, 0) is 4.79 Å². The molecule has 142 valence electrons. The molecule has 0 heterocycles. The van der Waals surface area contributed by atoms with Gasteiger partial charge in [-0.05, 0) is 67.6 Å². The van der Waals surface area contributed by atoms with Gasteiger partial charge in [0.05, 0.1) is 0 Å². The number of amides is 1. The Bertz CT molecular complexity index is 951. The van der Waals surface area contributed by atoms with E-state index in [0.717, 1.165) is 5.56 Å². The lowest BCUT2D eigenvalue weighted by Crippen LogP contribution is -2.18. The molecule has 5 nitrogen and oxygen atoms in total. The monoisotopic (exact) mass is 395 g/mol. The molecule has 0 unspecified atom stereocenters. The Morgan fingerprint density at radius 1 is 0.857 bits per heavy atom. The van der Waals surface area contributed by atoms with Crippen molar-refractivity contribution in [3.8, 4) is 11.5 Å². The van der Waals surface area contributed by atoms with Gasteiger partial charge >= 0.3 is 5.97 Å². The number of carbonyl (C=O) groups excluding carboxylic acids is 2. The van der Waals surface area contributed by atoms with Gasteiger partial charge in [0, 0.05) is 16.3 Å². The van der Waals surface area contributed by atoms with E-state index in [0.29, 0.717) is 27.8 Å². The highest BCUT2D eigenvalue weighted by atomic mass is 35.5. The molecule has 0 saturated heterocycles. The van der Waals surface area contributed by atoms with Gasteiger partial charge in [-0.25, -0.2) is 4.79 Å². The minimum atomic E-state index is -0.529. The highest BCUT2D eigenvalue weighted by Gasteiger charge is 2.09. The van der Waals surface area contributed by atoms with Crippen molar-refractivity contribution in [3.05, 3.63) is 88.9 Å². The van der Waals surface area contributed by atoms with E-state index in [1.54, 1.807) is 60.7 Å². The number of hydrogen-bond acceptors (Lipinski definition) is 4. The second kappa shape index (κ2) is 9.06. The predicted molar refractivity (Wildman–Crippen MR) is 108 cm³/mol. The van der Waals surface area contributed by atoms with Crippen LogP contribution < -0.4 is 14.8 Å². The summed E-state index contributed by atoms with van der Waals surface area (Å²) >= 11 is 5.82. The fraction of sp³-hybridized carbons (Fsp3) is 0.0909. The zero-order chi connectivity index (χ0) is 19.9. The van der Waals surface area contributed by atoms with Crippen LogP contribution in [0.2, 0.25) is 5.02 Å². The fourth-order valence-electron chi connectivity index (χ4n) is 2.35. The molecule has 3 aromatic carbocycles. The molecule has 28 heavy (non-hydrogen) atoms. The molecular formula is C22H18ClNO4. The maximum absolute atomic E-state index is 12.2. The van der Waals surface area contributed by atoms with Crippen molar-refractivity contribution in [2.75, 3.05) is 11.9 Å². The summed E-state index contributed by atoms with van der Waals surface area (Å²) in [4.78, 5) is 24.1. The SMILES string of the molecule is Cc1ccc(OCC(=O)Oc2ccc(C(=O)Nc3ccc(Cl)cc3)cc2)cc1. The number of nitrogens with one attached hydrogen (secondary N) is 1. The van der Waals surface area contributed by atoms with Crippen LogP contribution in [0.1, 0.15) is 15.9 Å². The van der Waals surface area contributed by atoms with Crippen LogP contribution >= 0.6 is 11.6 Å². The van der Waals surface area contributed by atoms with E-state index in [1.165, 1.54) is 0 Å². The molecular weight excluding hydrogens is 378 g/mol. The van der Waals surface area contributed by atoms with Gasteiger partial charge in [-0.3, -0.25) is 4.79 Å². The molecule has 0 aromatic heterocycles. The average molecular weight is 396 g/mol. The second-order valence-electron chi connectivity index (χ2n) is 6.06. The third-order valence-electron chi connectivity index (χ3n) is 3.83. The van der Waals surface area contributed by atoms with Crippen molar-refractivity contribution in [2.45, 2.75) is 6.92 Å². The molecule has 0 spiro atoms. The van der Waals surface area contributed by atoms with Crippen molar-refractivity contribution < 1.29 is 19.1 Å². The van der Waals surface area contributed by atoms with Gasteiger partial charge in [-0.15, -0.1) is 0 Å². The van der Waals surface area contributed by atoms with E-state index in [9.17, 15) is 9.59 Å². The lowest BCUT2D eigenvalue weighted by atomic mass is 10.2. The van der Waals surface area contributed by atoms with E-state index in [1.807, 2.05) is 19.1 Å². The van der Waals surface area contributed by atoms with Crippen LogP contribution in [0, 0.1) is 6.92 Å². The van der Waals surface area contributed by atoms with Crippen LogP contribution in [0.25, 0.3) is 0 Å². The Morgan fingerprint density at radius 3 is 2.11 bits per heavy atom. The summed E-state index contributed by atoms with van der Waals surface area (Å²) in [5.74, 6) is 0.124. The molecule has 0 aliphatic rings. The smallest absolute Gasteiger partial charge is 0.349 e. The number of rotatable bonds is 6. The number of anilines is 1. The number of ether oxygens (including phenoxy) is 2. The lowest BCUT2D eigenvalue weighted by molar-refractivity contribution is -0.136. The molecule has 0 fully saturated rings. The van der Waals surface area contributed by atoms with Gasteiger partial charge in [0.15, 0.2) is 6.61 Å². The number of benzene rings is 3. The van der Waals surface area contributed by atoms with Gasteiger partial charge in [0.2, 0.25) is 0 Å². The van der Waals surface area contributed by atoms with Crippen molar-refractivity contribution in [2.24, 2.45) is 0 Å². The molecule has 0 atom stereocenters. The second-order valence-corrected chi connectivity index (χ2v) is 6.50. The first-order chi connectivity index (χ1) is 13.5. The Morgan fingerprint density at radius 2 is 1.46 bits per heavy atom. The minimum absolute atomic E-state index is 0.206. The third kappa shape index (κ3) is 5.59. The topological polar surface area (TPSA) is 64.6 Å². The third-order valence-corrected chi connectivity index (χ3v) is 4.08. The minimum Gasteiger partial charge on any atom is -0.482 e. The number of esters is 1. The van der Waals surface area contributed by atoms with Crippen LogP contribution in [0.15, 0.2) is 72.8 Å². The van der Waals surface area contributed by atoms with Crippen molar-refractivity contribution in [3.63, 3.8) is 0 Å². The van der Waals surface area contributed by atoms with Crippen LogP contribution in [0.4, 0.5) is 5.69 Å².